The molecule has 4 heteroatoms. The van der Waals surface area contributed by atoms with Gasteiger partial charge in [-0.25, -0.2) is 0 Å². The molecule has 4 nitrogen and oxygen atoms in total. The molecule has 1 aliphatic heterocycles. The number of hydrogen-bond acceptors (Lipinski definition) is 3. The number of hydrogen-bond donors (Lipinski definition) is 2. The summed E-state index contributed by atoms with van der Waals surface area (Å²) in [6.07, 6.45) is 4.61. The van der Waals surface area contributed by atoms with Crippen LogP contribution in [0.4, 0.5) is 0 Å². The lowest BCUT2D eigenvalue weighted by atomic mass is 9.98. The first kappa shape index (κ1) is 12.8. The van der Waals surface area contributed by atoms with Gasteiger partial charge in [-0.1, -0.05) is 0 Å². The molecule has 98 valence electrons. The minimum absolute atomic E-state index is 0.0741. The molecule has 17 heavy (non-hydrogen) atoms. The minimum atomic E-state index is -0.0741. The van der Waals surface area contributed by atoms with Crippen LogP contribution < -0.4 is 10.6 Å². The van der Waals surface area contributed by atoms with Crippen molar-refractivity contribution in [3.8, 4) is 0 Å². The van der Waals surface area contributed by atoms with Crippen molar-refractivity contribution in [3.05, 3.63) is 0 Å². The van der Waals surface area contributed by atoms with Crippen molar-refractivity contribution in [3.63, 3.8) is 0 Å². The first-order valence-corrected chi connectivity index (χ1v) is 6.78. The first-order valence-electron chi connectivity index (χ1n) is 6.78. The molecule has 1 saturated carbocycles. The molecule has 2 N–H and O–H groups in total. The average molecular weight is 239 g/mol. The normalized spacial score (nSPS) is 27.8. The fourth-order valence-electron chi connectivity index (χ4n) is 2.84. The molecule has 0 aromatic rings. The van der Waals surface area contributed by atoms with Crippen molar-refractivity contribution in [2.45, 2.75) is 25.7 Å². The molecule has 0 radical (unpaired) electrons. The van der Waals surface area contributed by atoms with Crippen LogP contribution in [0, 0.1) is 11.3 Å². The van der Waals surface area contributed by atoms with Gasteiger partial charge < -0.3 is 15.5 Å². The summed E-state index contributed by atoms with van der Waals surface area (Å²) >= 11 is 0. The smallest absolute Gasteiger partial charge is 0.227 e. The average Bonchev–Trinajstić information content (AvgIpc) is 3.08. The van der Waals surface area contributed by atoms with Crippen LogP contribution in [0.1, 0.15) is 25.7 Å². The molecule has 1 amide bonds. The van der Waals surface area contributed by atoms with E-state index in [-0.39, 0.29) is 11.3 Å². The third-order valence-corrected chi connectivity index (χ3v) is 4.12. The molecule has 0 bridgehead atoms. The topological polar surface area (TPSA) is 44.4 Å². The Labute approximate surface area is 104 Å². The van der Waals surface area contributed by atoms with E-state index in [9.17, 15) is 4.79 Å². The molecule has 1 unspecified atom stereocenters. The number of nitrogens with zero attached hydrogens (tertiary/aromatic N) is 1. The second-order valence-electron chi connectivity index (χ2n) is 5.79. The number of nitrogens with one attached hydrogen (secondary N) is 2. The Morgan fingerprint density at radius 1 is 1.47 bits per heavy atom. The zero-order valence-electron chi connectivity index (χ0n) is 11.1. The van der Waals surface area contributed by atoms with Crippen molar-refractivity contribution < 1.29 is 4.79 Å². The largest absolute Gasteiger partial charge is 0.355 e. The molecule has 2 fully saturated rings. The molecule has 2 aliphatic rings. The number of likely N-dealkylation sites (tertiary alicyclic amines) is 1. The van der Waals surface area contributed by atoms with E-state index < -0.39 is 0 Å². The predicted octanol–water partition coefficient (Wildman–Crippen LogP) is 0.444. The summed E-state index contributed by atoms with van der Waals surface area (Å²) in [5.74, 6) is 0.906. The van der Waals surface area contributed by atoms with Gasteiger partial charge in [0.2, 0.25) is 5.91 Å². The van der Waals surface area contributed by atoms with E-state index in [1.165, 1.54) is 19.4 Å². The van der Waals surface area contributed by atoms with Crippen molar-refractivity contribution in [1.29, 1.82) is 0 Å². The highest BCUT2D eigenvalue weighted by Gasteiger charge is 2.48. The molecule has 1 aliphatic carbocycles. The molecular formula is C13H25N3O. The number of carbonyl (C=O) groups is 1. The summed E-state index contributed by atoms with van der Waals surface area (Å²) in [6, 6.07) is 0. The molecule has 1 heterocycles. The highest BCUT2D eigenvalue weighted by Crippen LogP contribution is 2.45. The Hall–Kier alpha value is -0.610. The minimum Gasteiger partial charge on any atom is -0.355 e. The first-order chi connectivity index (χ1) is 8.16. The summed E-state index contributed by atoms with van der Waals surface area (Å²) in [7, 11) is 4.08. The molecule has 1 saturated heterocycles. The lowest BCUT2D eigenvalue weighted by molar-refractivity contribution is -0.126. The van der Waals surface area contributed by atoms with Gasteiger partial charge in [-0.3, -0.25) is 4.79 Å². The van der Waals surface area contributed by atoms with Gasteiger partial charge in [0.15, 0.2) is 0 Å². The summed E-state index contributed by atoms with van der Waals surface area (Å²) in [5.41, 5.74) is -0.0741. The molecule has 0 aromatic carbocycles. The van der Waals surface area contributed by atoms with Gasteiger partial charge in [0.25, 0.3) is 0 Å². The van der Waals surface area contributed by atoms with Gasteiger partial charge in [-0.15, -0.1) is 0 Å². The predicted molar refractivity (Wildman–Crippen MR) is 68.8 cm³/mol. The monoisotopic (exact) mass is 239 g/mol. The van der Waals surface area contributed by atoms with Gasteiger partial charge in [-0.2, -0.15) is 0 Å². The SMILES string of the molecule is CNCC1(C(=O)NCC2CCCN(C)C2)CC1. The summed E-state index contributed by atoms with van der Waals surface area (Å²) < 4.78 is 0. The Morgan fingerprint density at radius 3 is 2.82 bits per heavy atom. The van der Waals surface area contributed by atoms with Gasteiger partial charge >= 0.3 is 0 Å². The third kappa shape index (κ3) is 3.19. The Kier molecular flexibility index (Phi) is 4.05. The van der Waals surface area contributed by atoms with Crippen molar-refractivity contribution in [2.75, 3.05) is 40.3 Å². The summed E-state index contributed by atoms with van der Waals surface area (Å²) in [5, 5.41) is 6.28. The maximum Gasteiger partial charge on any atom is 0.227 e. The van der Waals surface area contributed by atoms with Crippen LogP contribution >= 0.6 is 0 Å². The van der Waals surface area contributed by atoms with E-state index in [0.29, 0.717) is 5.92 Å². The highest BCUT2D eigenvalue weighted by atomic mass is 16.2. The lowest BCUT2D eigenvalue weighted by Gasteiger charge is -2.30. The van der Waals surface area contributed by atoms with E-state index in [1.807, 2.05) is 7.05 Å². The maximum atomic E-state index is 12.1. The van der Waals surface area contributed by atoms with Gasteiger partial charge in [-0.05, 0) is 52.2 Å². The van der Waals surface area contributed by atoms with Crippen LogP contribution in [0.5, 0.6) is 0 Å². The fraction of sp³-hybridized carbons (Fsp3) is 0.923. The maximum absolute atomic E-state index is 12.1. The van der Waals surface area contributed by atoms with E-state index in [1.54, 1.807) is 0 Å². The number of carbonyl (C=O) groups excluding carboxylic acids is 1. The summed E-state index contributed by atoms with van der Waals surface area (Å²) in [6.45, 7) is 4.01. The second-order valence-corrected chi connectivity index (χ2v) is 5.79. The van der Waals surface area contributed by atoms with E-state index in [4.69, 9.17) is 0 Å². The van der Waals surface area contributed by atoms with Gasteiger partial charge in [0, 0.05) is 19.6 Å². The van der Waals surface area contributed by atoms with Crippen LogP contribution in [0.25, 0.3) is 0 Å². The standard InChI is InChI=1S/C13H25N3O/c1-14-10-13(5-6-13)12(17)15-8-11-4-3-7-16(2)9-11/h11,14H,3-10H2,1-2H3,(H,15,17). The van der Waals surface area contributed by atoms with E-state index in [2.05, 4.69) is 22.6 Å². The van der Waals surface area contributed by atoms with Crippen molar-refractivity contribution in [2.24, 2.45) is 11.3 Å². The lowest BCUT2D eigenvalue weighted by Crippen LogP contribution is -2.43. The highest BCUT2D eigenvalue weighted by molar-refractivity contribution is 5.85. The van der Waals surface area contributed by atoms with Crippen molar-refractivity contribution in [1.82, 2.24) is 15.5 Å². The molecular weight excluding hydrogens is 214 g/mol. The number of rotatable bonds is 5. The second kappa shape index (κ2) is 5.36. The van der Waals surface area contributed by atoms with E-state index >= 15 is 0 Å². The zero-order chi connectivity index (χ0) is 12.3. The van der Waals surface area contributed by atoms with Crippen LogP contribution in [-0.4, -0.2) is 51.1 Å². The fourth-order valence-corrected chi connectivity index (χ4v) is 2.84. The zero-order valence-corrected chi connectivity index (χ0v) is 11.1. The molecule has 0 aromatic heterocycles. The van der Waals surface area contributed by atoms with Crippen LogP contribution in [-0.2, 0) is 4.79 Å². The molecule has 2 rings (SSSR count). The van der Waals surface area contributed by atoms with Crippen LogP contribution in [0.3, 0.4) is 0 Å². The van der Waals surface area contributed by atoms with Gasteiger partial charge in [0.05, 0.1) is 5.41 Å². The Balaban J connectivity index is 1.72. The quantitative estimate of drug-likeness (QED) is 0.732. The molecule has 1 atom stereocenters. The van der Waals surface area contributed by atoms with Crippen LogP contribution in [0.15, 0.2) is 0 Å². The molecule has 0 spiro atoms. The summed E-state index contributed by atoms with van der Waals surface area (Å²) in [4.78, 5) is 14.4. The Morgan fingerprint density at radius 2 is 2.24 bits per heavy atom. The van der Waals surface area contributed by atoms with Crippen molar-refractivity contribution >= 4 is 5.91 Å². The number of amides is 1. The van der Waals surface area contributed by atoms with E-state index in [0.717, 1.165) is 32.5 Å². The third-order valence-electron chi connectivity index (χ3n) is 4.12. The van der Waals surface area contributed by atoms with Gasteiger partial charge in [0.1, 0.15) is 0 Å². The Bertz CT molecular complexity index is 276. The number of piperidine rings is 1. The van der Waals surface area contributed by atoms with Crippen LogP contribution in [0.2, 0.25) is 0 Å².